The van der Waals surface area contributed by atoms with Crippen LogP contribution in [-0.4, -0.2) is 39.6 Å². The van der Waals surface area contributed by atoms with E-state index in [0.29, 0.717) is 45.9 Å². The van der Waals surface area contributed by atoms with Crippen molar-refractivity contribution in [2.45, 2.75) is 0 Å². The Morgan fingerprint density at radius 3 is 2.50 bits per heavy atom. The van der Waals surface area contributed by atoms with E-state index in [9.17, 15) is 4.79 Å². The van der Waals surface area contributed by atoms with E-state index in [2.05, 4.69) is 27.5 Å². The smallest absolute Gasteiger partial charge is 0.247 e. The van der Waals surface area contributed by atoms with Crippen molar-refractivity contribution in [2.75, 3.05) is 30.2 Å². The van der Waals surface area contributed by atoms with Crippen LogP contribution in [0.1, 0.15) is 0 Å². The number of rotatable bonds is 9. The molecule has 0 aliphatic carbocycles. The van der Waals surface area contributed by atoms with Crippen LogP contribution in [-0.2, 0) is 4.79 Å². The Bertz CT molecular complexity index is 1620. The van der Waals surface area contributed by atoms with E-state index in [1.165, 1.54) is 6.08 Å². The van der Waals surface area contributed by atoms with Gasteiger partial charge in [0.15, 0.2) is 5.65 Å². The molecule has 3 aromatic carbocycles. The molecule has 0 atom stereocenters. The number of carbonyl (C=O) groups excluding carboxylic acids is 1. The van der Waals surface area contributed by atoms with E-state index in [4.69, 9.17) is 19.4 Å². The Labute approximate surface area is 219 Å². The van der Waals surface area contributed by atoms with E-state index in [1.807, 2.05) is 65.2 Å². The summed E-state index contributed by atoms with van der Waals surface area (Å²) in [6, 6.07) is 22.5. The maximum absolute atomic E-state index is 11.9. The summed E-state index contributed by atoms with van der Waals surface area (Å²) in [6.07, 6.45) is 2.87. The number of para-hydroxylation sites is 1. The average Bonchev–Trinajstić information content (AvgIpc) is 3.30. The molecule has 0 spiro atoms. The zero-order valence-corrected chi connectivity index (χ0v) is 20.8. The second kappa shape index (κ2) is 10.7. The molecule has 3 N–H and O–H groups in total. The molecule has 5 rings (SSSR count). The second-order valence-corrected chi connectivity index (χ2v) is 8.10. The van der Waals surface area contributed by atoms with Crippen LogP contribution in [0.5, 0.6) is 11.5 Å². The van der Waals surface area contributed by atoms with Gasteiger partial charge in [0.2, 0.25) is 17.8 Å². The first-order valence-electron chi connectivity index (χ1n) is 11.7. The van der Waals surface area contributed by atoms with Crippen LogP contribution in [0, 0.1) is 0 Å². The Hall–Kier alpha value is -5.38. The molecule has 0 saturated heterocycles. The summed E-state index contributed by atoms with van der Waals surface area (Å²) in [6.45, 7) is 3.52. The number of amides is 1. The number of fused-ring (bicyclic) bond motifs is 1. The van der Waals surface area contributed by atoms with E-state index in [0.717, 1.165) is 11.4 Å². The fourth-order valence-corrected chi connectivity index (χ4v) is 3.85. The molecular formula is C28H25N7O3. The third kappa shape index (κ3) is 5.09. The fraction of sp³-hybridized carbons (Fsp3) is 0.0714. The summed E-state index contributed by atoms with van der Waals surface area (Å²) in [4.78, 5) is 25.9. The van der Waals surface area contributed by atoms with Crippen LogP contribution in [0.2, 0.25) is 0 Å². The topological polar surface area (TPSA) is 115 Å². The molecule has 0 fully saturated rings. The van der Waals surface area contributed by atoms with Gasteiger partial charge in [0.05, 0.1) is 31.8 Å². The SMILES string of the molecule is C=CC(=O)Nc1cccc(-n2c(Nc3ccccc3)nc3cnc(Nc4ccc(OC)cc4OC)nc32)c1. The Balaban J connectivity index is 1.60. The standard InChI is InChI=1S/C28H25N7O3/c1-4-25(36)30-19-11-8-12-20(15-19)35-26-23(33-28(35)31-18-9-6-5-7-10-18)17-29-27(34-26)32-22-14-13-21(37-2)16-24(22)38-3/h4-17H,1H2,2-3H3,(H,30,36)(H,31,33)(H,29,32,34). The van der Waals surface area contributed by atoms with E-state index in [1.54, 1.807) is 32.5 Å². The number of methoxy groups -OCH3 is 2. The molecule has 10 nitrogen and oxygen atoms in total. The Morgan fingerprint density at radius 1 is 0.921 bits per heavy atom. The van der Waals surface area contributed by atoms with E-state index < -0.39 is 0 Å². The van der Waals surface area contributed by atoms with Gasteiger partial charge in [-0.2, -0.15) is 4.98 Å². The largest absolute Gasteiger partial charge is 0.497 e. The second-order valence-electron chi connectivity index (χ2n) is 8.10. The molecular weight excluding hydrogens is 482 g/mol. The predicted molar refractivity (Wildman–Crippen MR) is 148 cm³/mol. The summed E-state index contributed by atoms with van der Waals surface area (Å²) >= 11 is 0. The molecule has 0 aliphatic heterocycles. The van der Waals surface area contributed by atoms with E-state index >= 15 is 0 Å². The van der Waals surface area contributed by atoms with Crippen LogP contribution >= 0.6 is 0 Å². The quantitative estimate of drug-likeness (QED) is 0.226. The number of hydrogen-bond donors (Lipinski definition) is 3. The molecule has 0 saturated carbocycles. The van der Waals surface area contributed by atoms with Crippen LogP contribution in [0.15, 0.2) is 91.6 Å². The van der Waals surface area contributed by atoms with Crippen LogP contribution in [0.25, 0.3) is 16.9 Å². The van der Waals surface area contributed by atoms with Gasteiger partial charge < -0.3 is 25.4 Å². The lowest BCUT2D eigenvalue weighted by Gasteiger charge is -2.13. The average molecular weight is 508 g/mol. The molecule has 0 bridgehead atoms. The molecule has 190 valence electrons. The first kappa shape index (κ1) is 24.3. The minimum Gasteiger partial charge on any atom is -0.497 e. The number of imidazole rings is 1. The molecule has 10 heteroatoms. The Kier molecular flexibility index (Phi) is 6.85. The van der Waals surface area contributed by atoms with E-state index in [-0.39, 0.29) is 5.91 Å². The molecule has 0 radical (unpaired) electrons. The lowest BCUT2D eigenvalue weighted by Crippen LogP contribution is -2.08. The number of nitrogens with zero attached hydrogens (tertiary/aromatic N) is 4. The highest BCUT2D eigenvalue weighted by molar-refractivity contribution is 5.99. The summed E-state index contributed by atoms with van der Waals surface area (Å²) in [7, 11) is 3.18. The summed E-state index contributed by atoms with van der Waals surface area (Å²) in [5, 5.41) is 9.37. The highest BCUT2D eigenvalue weighted by Crippen LogP contribution is 2.32. The third-order valence-electron chi connectivity index (χ3n) is 5.64. The minimum absolute atomic E-state index is 0.303. The van der Waals surface area contributed by atoms with Gasteiger partial charge in [-0.1, -0.05) is 30.8 Å². The van der Waals surface area contributed by atoms with Crippen molar-refractivity contribution in [1.82, 2.24) is 19.5 Å². The molecule has 38 heavy (non-hydrogen) atoms. The normalized spacial score (nSPS) is 10.6. The monoisotopic (exact) mass is 507 g/mol. The lowest BCUT2D eigenvalue weighted by molar-refractivity contribution is -0.111. The number of anilines is 5. The molecule has 2 heterocycles. The fourth-order valence-electron chi connectivity index (χ4n) is 3.85. The summed E-state index contributed by atoms with van der Waals surface area (Å²) in [5.41, 5.74) is 4.01. The molecule has 0 aliphatic rings. The molecule has 0 unspecified atom stereocenters. The Morgan fingerprint density at radius 2 is 1.74 bits per heavy atom. The number of ether oxygens (including phenoxy) is 2. The molecule has 1 amide bonds. The van der Waals surface area contributed by atoms with Gasteiger partial charge in [-0.25, -0.2) is 9.97 Å². The predicted octanol–water partition coefficient (Wildman–Crippen LogP) is 5.44. The number of carbonyl (C=O) groups is 1. The van der Waals surface area contributed by atoms with Crippen molar-refractivity contribution < 1.29 is 14.3 Å². The summed E-state index contributed by atoms with van der Waals surface area (Å²) < 4.78 is 12.7. The summed E-state index contributed by atoms with van der Waals surface area (Å²) in [5.74, 6) is 1.83. The number of benzene rings is 3. The number of hydrogen-bond acceptors (Lipinski definition) is 8. The lowest BCUT2D eigenvalue weighted by atomic mass is 10.2. The van der Waals surface area contributed by atoms with Crippen molar-refractivity contribution in [2.24, 2.45) is 0 Å². The molecule has 5 aromatic rings. The molecule has 2 aromatic heterocycles. The van der Waals surface area contributed by atoms with Crippen molar-refractivity contribution in [3.8, 4) is 17.2 Å². The zero-order valence-electron chi connectivity index (χ0n) is 20.8. The first-order valence-corrected chi connectivity index (χ1v) is 11.7. The third-order valence-corrected chi connectivity index (χ3v) is 5.64. The maximum atomic E-state index is 11.9. The van der Waals surface area contributed by atoms with Crippen LogP contribution < -0.4 is 25.4 Å². The number of aromatic nitrogens is 4. The highest BCUT2D eigenvalue weighted by atomic mass is 16.5. The zero-order chi connectivity index (χ0) is 26.5. The van der Waals surface area contributed by atoms with Gasteiger partial charge in [-0.15, -0.1) is 0 Å². The van der Waals surface area contributed by atoms with Crippen molar-refractivity contribution in [3.05, 3.63) is 91.6 Å². The number of nitrogens with one attached hydrogen (secondary N) is 3. The van der Waals surface area contributed by atoms with Gasteiger partial charge in [-0.3, -0.25) is 9.36 Å². The van der Waals surface area contributed by atoms with Gasteiger partial charge in [0, 0.05) is 17.4 Å². The van der Waals surface area contributed by atoms with Crippen molar-refractivity contribution >= 4 is 46.0 Å². The van der Waals surface area contributed by atoms with Gasteiger partial charge in [-0.05, 0) is 48.5 Å². The van der Waals surface area contributed by atoms with Gasteiger partial charge in [0.25, 0.3) is 0 Å². The first-order chi connectivity index (χ1) is 18.6. The van der Waals surface area contributed by atoms with Gasteiger partial charge in [0.1, 0.15) is 17.0 Å². The van der Waals surface area contributed by atoms with Crippen molar-refractivity contribution in [1.29, 1.82) is 0 Å². The maximum Gasteiger partial charge on any atom is 0.247 e. The van der Waals surface area contributed by atoms with Gasteiger partial charge >= 0.3 is 0 Å². The van der Waals surface area contributed by atoms with Crippen LogP contribution in [0.3, 0.4) is 0 Å². The minimum atomic E-state index is -0.303. The van der Waals surface area contributed by atoms with Crippen LogP contribution in [0.4, 0.5) is 29.0 Å². The highest BCUT2D eigenvalue weighted by Gasteiger charge is 2.17. The van der Waals surface area contributed by atoms with Crippen molar-refractivity contribution in [3.63, 3.8) is 0 Å².